The number of thiazole rings is 1. The summed E-state index contributed by atoms with van der Waals surface area (Å²) in [5.41, 5.74) is 4.20. The summed E-state index contributed by atoms with van der Waals surface area (Å²) in [6.45, 7) is 4.01. The van der Waals surface area contributed by atoms with Crippen LogP contribution in [0.5, 0.6) is 0 Å². The van der Waals surface area contributed by atoms with E-state index in [1.165, 1.54) is 0 Å². The number of carbonyl (C=O) groups is 1. The highest BCUT2D eigenvalue weighted by Crippen LogP contribution is 2.27. The van der Waals surface area contributed by atoms with Gasteiger partial charge in [-0.05, 0) is 19.8 Å². The highest BCUT2D eigenvalue weighted by molar-refractivity contribution is 7.07. The van der Waals surface area contributed by atoms with Gasteiger partial charge in [0.1, 0.15) is 17.2 Å². The van der Waals surface area contributed by atoms with Crippen LogP contribution in [-0.4, -0.2) is 48.7 Å². The molecule has 0 saturated carbocycles. The minimum Gasteiger partial charge on any atom is -0.342 e. The van der Waals surface area contributed by atoms with E-state index in [0.29, 0.717) is 17.3 Å². The van der Waals surface area contributed by atoms with Crippen LogP contribution in [0.15, 0.2) is 27.9 Å². The summed E-state index contributed by atoms with van der Waals surface area (Å²) < 4.78 is 6.84. The predicted octanol–water partition coefficient (Wildman–Crippen LogP) is 2.03. The molecule has 9 heteroatoms. The van der Waals surface area contributed by atoms with Crippen molar-refractivity contribution in [2.24, 2.45) is 0 Å². The van der Waals surface area contributed by atoms with E-state index in [-0.39, 0.29) is 12.3 Å². The van der Waals surface area contributed by atoms with Crippen LogP contribution in [-0.2, 0) is 17.8 Å². The fourth-order valence-electron chi connectivity index (χ4n) is 3.36. The third-order valence-corrected chi connectivity index (χ3v) is 5.48. The van der Waals surface area contributed by atoms with Gasteiger partial charge in [0, 0.05) is 36.8 Å². The normalized spacial score (nSPS) is 15.5. The van der Waals surface area contributed by atoms with Gasteiger partial charge in [-0.15, -0.1) is 11.3 Å². The predicted molar refractivity (Wildman–Crippen MR) is 94.7 cm³/mol. The Labute approximate surface area is 154 Å². The highest BCUT2D eigenvalue weighted by atomic mass is 32.1. The first-order chi connectivity index (χ1) is 12.7. The fraction of sp³-hybridized carbons (Fsp3) is 0.471. The monoisotopic (exact) mass is 372 g/mol. The van der Waals surface area contributed by atoms with Crippen molar-refractivity contribution in [1.29, 1.82) is 0 Å². The Morgan fingerprint density at radius 2 is 2.15 bits per heavy atom. The summed E-state index contributed by atoms with van der Waals surface area (Å²) in [5, 5.41) is 9.59. The molecule has 3 aromatic heterocycles. The summed E-state index contributed by atoms with van der Waals surface area (Å²) in [5.74, 6) is 1.53. The van der Waals surface area contributed by atoms with Gasteiger partial charge >= 0.3 is 0 Å². The van der Waals surface area contributed by atoms with Gasteiger partial charge in [0.15, 0.2) is 0 Å². The molecule has 136 valence electrons. The van der Waals surface area contributed by atoms with Crippen molar-refractivity contribution in [3.05, 3.63) is 46.2 Å². The van der Waals surface area contributed by atoms with Crippen molar-refractivity contribution in [2.45, 2.75) is 38.6 Å². The van der Waals surface area contributed by atoms with Crippen LogP contribution in [0.4, 0.5) is 0 Å². The molecule has 0 spiro atoms. The van der Waals surface area contributed by atoms with Crippen LogP contribution in [0.2, 0.25) is 0 Å². The molecule has 0 bridgehead atoms. The molecule has 1 saturated heterocycles. The summed E-state index contributed by atoms with van der Waals surface area (Å²) in [6.07, 6.45) is 5.93. The van der Waals surface area contributed by atoms with E-state index >= 15 is 0 Å². The minimum absolute atomic E-state index is 0.0769. The lowest BCUT2D eigenvalue weighted by molar-refractivity contribution is -0.131. The molecular formula is C17H20N6O2S. The number of aromatic nitrogens is 5. The minimum atomic E-state index is 0.0769. The van der Waals surface area contributed by atoms with E-state index in [1.807, 2.05) is 22.8 Å². The number of nitrogens with zero attached hydrogens (tertiary/aromatic N) is 6. The largest absolute Gasteiger partial charge is 0.342 e. The van der Waals surface area contributed by atoms with Gasteiger partial charge in [-0.3, -0.25) is 4.79 Å². The molecule has 4 heterocycles. The van der Waals surface area contributed by atoms with Gasteiger partial charge in [0.25, 0.3) is 0 Å². The molecule has 0 N–H and O–H groups in total. The van der Waals surface area contributed by atoms with Crippen LogP contribution in [0.3, 0.4) is 0 Å². The van der Waals surface area contributed by atoms with Gasteiger partial charge in [0.05, 0.1) is 24.2 Å². The second-order valence-electron chi connectivity index (χ2n) is 6.52. The molecule has 1 aliphatic heterocycles. The van der Waals surface area contributed by atoms with E-state index in [0.717, 1.165) is 44.0 Å². The fourth-order valence-corrected chi connectivity index (χ4v) is 3.91. The number of hydrogen-bond acceptors (Lipinski definition) is 7. The second kappa shape index (κ2) is 7.36. The van der Waals surface area contributed by atoms with Crippen LogP contribution in [0.1, 0.15) is 41.7 Å². The summed E-state index contributed by atoms with van der Waals surface area (Å²) in [4.78, 5) is 23.3. The van der Waals surface area contributed by atoms with Gasteiger partial charge in [-0.25, -0.2) is 14.6 Å². The lowest BCUT2D eigenvalue weighted by atomic mass is 9.95. The van der Waals surface area contributed by atoms with Crippen molar-refractivity contribution in [1.82, 2.24) is 29.7 Å². The zero-order chi connectivity index (χ0) is 17.9. The Balaban J connectivity index is 1.36. The van der Waals surface area contributed by atoms with Gasteiger partial charge in [-0.1, -0.05) is 10.3 Å². The molecule has 26 heavy (non-hydrogen) atoms. The quantitative estimate of drug-likeness (QED) is 0.681. The van der Waals surface area contributed by atoms with Crippen LogP contribution in [0.25, 0.3) is 0 Å². The van der Waals surface area contributed by atoms with Crippen molar-refractivity contribution >= 4 is 17.2 Å². The number of amides is 1. The van der Waals surface area contributed by atoms with Gasteiger partial charge < -0.3 is 9.47 Å². The smallest absolute Gasteiger partial charge is 0.228 e. The maximum Gasteiger partial charge on any atom is 0.228 e. The molecule has 1 aliphatic rings. The van der Waals surface area contributed by atoms with E-state index < -0.39 is 0 Å². The molecule has 1 fully saturated rings. The van der Waals surface area contributed by atoms with Gasteiger partial charge in [0.2, 0.25) is 5.91 Å². The van der Waals surface area contributed by atoms with Crippen molar-refractivity contribution < 1.29 is 9.42 Å². The van der Waals surface area contributed by atoms with Crippen molar-refractivity contribution in [2.75, 3.05) is 13.1 Å². The number of likely N-dealkylation sites (tertiary alicyclic amines) is 1. The Morgan fingerprint density at radius 3 is 2.85 bits per heavy atom. The first-order valence-corrected chi connectivity index (χ1v) is 9.59. The molecule has 0 unspecified atom stereocenters. The molecule has 0 radical (unpaired) electrons. The number of imidazole rings is 1. The van der Waals surface area contributed by atoms with Crippen LogP contribution >= 0.6 is 11.3 Å². The number of carbonyl (C=O) groups excluding carboxylic acids is 1. The number of rotatable bonds is 5. The average Bonchev–Trinajstić information content (AvgIpc) is 3.40. The first kappa shape index (κ1) is 16.9. The van der Waals surface area contributed by atoms with E-state index in [2.05, 4.69) is 34.9 Å². The molecule has 0 atom stereocenters. The molecule has 0 aliphatic carbocycles. The standard InChI is InChI=1S/C17H20N6O2S/c1-12-15(21-25-20-12)8-16(24)22-5-2-13(3-6-22)17-18-4-7-23(17)9-14-10-26-11-19-14/h4,7,10-11,13H,2-3,5-6,8-9H2,1H3. The molecule has 8 nitrogen and oxygen atoms in total. The van der Waals surface area contributed by atoms with Crippen molar-refractivity contribution in [3.8, 4) is 0 Å². The lowest BCUT2D eigenvalue weighted by Gasteiger charge is -2.31. The van der Waals surface area contributed by atoms with Crippen LogP contribution in [0, 0.1) is 6.92 Å². The Kier molecular flexibility index (Phi) is 4.79. The van der Waals surface area contributed by atoms with E-state index in [4.69, 9.17) is 0 Å². The number of hydrogen-bond donors (Lipinski definition) is 0. The maximum absolute atomic E-state index is 12.5. The molecular weight excluding hydrogens is 352 g/mol. The third-order valence-electron chi connectivity index (χ3n) is 4.84. The Bertz CT molecular complexity index is 864. The topological polar surface area (TPSA) is 89.9 Å². The average molecular weight is 372 g/mol. The first-order valence-electron chi connectivity index (χ1n) is 8.64. The molecule has 4 rings (SSSR count). The second-order valence-corrected chi connectivity index (χ2v) is 7.24. The SMILES string of the molecule is Cc1nonc1CC(=O)N1CCC(c2nccn2Cc2cscn2)CC1. The highest BCUT2D eigenvalue weighted by Gasteiger charge is 2.27. The third kappa shape index (κ3) is 3.52. The Morgan fingerprint density at radius 1 is 1.31 bits per heavy atom. The van der Waals surface area contributed by atoms with E-state index in [1.54, 1.807) is 18.3 Å². The zero-order valence-electron chi connectivity index (χ0n) is 14.5. The summed E-state index contributed by atoms with van der Waals surface area (Å²) in [6, 6.07) is 0. The lowest BCUT2D eigenvalue weighted by Crippen LogP contribution is -2.39. The number of aryl methyl sites for hydroxylation is 1. The summed E-state index contributed by atoms with van der Waals surface area (Å²) >= 11 is 1.60. The number of piperidine rings is 1. The Hall–Kier alpha value is -2.55. The molecule has 1 amide bonds. The molecule has 3 aromatic rings. The van der Waals surface area contributed by atoms with Crippen molar-refractivity contribution in [3.63, 3.8) is 0 Å². The van der Waals surface area contributed by atoms with Crippen LogP contribution < -0.4 is 0 Å². The zero-order valence-corrected chi connectivity index (χ0v) is 15.4. The summed E-state index contributed by atoms with van der Waals surface area (Å²) in [7, 11) is 0. The maximum atomic E-state index is 12.5. The van der Waals surface area contributed by atoms with Gasteiger partial charge in [-0.2, -0.15) is 0 Å². The van der Waals surface area contributed by atoms with E-state index in [9.17, 15) is 4.79 Å². The molecule has 0 aromatic carbocycles.